The minimum Gasteiger partial charge on any atom is -0.358 e. The summed E-state index contributed by atoms with van der Waals surface area (Å²) >= 11 is 0. The van der Waals surface area contributed by atoms with Crippen molar-refractivity contribution in [3.05, 3.63) is 51.5 Å². The molecule has 7 nitrogen and oxygen atoms in total. The third-order valence-corrected chi connectivity index (χ3v) is 3.50. The molecule has 0 aliphatic heterocycles. The largest absolute Gasteiger partial charge is 0.390 e. The van der Waals surface area contributed by atoms with Crippen molar-refractivity contribution in [1.29, 1.82) is 0 Å². The lowest BCUT2D eigenvalue weighted by Gasteiger charge is -2.13. The first-order chi connectivity index (χ1) is 10.8. The number of carbonyl (C=O) groups excluding carboxylic acids is 1. The second-order valence-electron chi connectivity index (χ2n) is 5.43. The zero-order valence-corrected chi connectivity index (χ0v) is 13.0. The number of hydrogen-bond donors (Lipinski definition) is 1. The molecule has 1 atom stereocenters. The molecule has 1 aromatic heterocycles. The van der Waals surface area contributed by atoms with Gasteiger partial charge in [-0.3, -0.25) is 4.79 Å². The summed E-state index contributed by atoms with van der Waals surface area (Å²) in [5.74, 6) is -1.34. The highest BCUT2D eigenvalue weighted by Gasteiger charge is 2.21. The van der Waals surface area contributed by atoms with Crippen LogP contribution in [-0.2, 0) is 11.3 Å². The van der Waals surface area contributed by atoms with Crippen molar-refractivity contribution in [3.8, 4) is 0 Å². The Kier molecular flexibility index (Phi) is 4.73. The molecular weight excluding hydrogens is 303 g/mol. The van der Waals surface area contributed by atoms with E-state index < -0.39 is 10.8 Å². The number of rotatable bonds is 5. The number of nitro groups is 1. The maximum absolute atomic E-state index is 13.1. The maximum Gasteiger partial charge on any atom is 0.390 e. The van der Waals surface area contributed by atoms with Crippen LogP contribution in [0.15, 0.2) is 24.3 Å². The van der Waals surface area contributed by atoms with E-state index in [-0.39, 0.29) is 24.1 Å². The van der Waals surface area contributed by atoms with Gasteiger partial charge >= 0.3 is 5.82 Å². The highest BCUT2D eigenvalue weighted by atomic mass is 19.1. The van der Waals surface area contributed by atoms with Gasteiger partial charge in [-0.15, -0.1) is 0 Å². The highest BCUT2D eigenvalue weighted by Crippen LogP contribution is 2.18. The molecule has 122 valence electrons. The van der Waals surface area contributed by atoms with Crippen LogP contribution in [0.5, 0.6) is 0 Å². The normalized spacial score (nSPS) is 12.0. The fourth-order valence-electron chi connectivity index (χ4n) is 2.13. The fourth-order valence-corrected chi connectivity index (χ4v) is 2.13. The summed E-state index contributed by atoms with van der Waals surface area (Å²) in [5, 5.41) is 17.3. The molecule has 0 aliphatic carbocycles. The van der Waals surface area contributed by atoms with Crippen LogP contribution in [0.3, 0.4) is 0 Å². The van der Waals surface area contributed by atoms with Crippen molar-refractivity contribution >= 4 is 17.4 Å². The molecule has 23 heavy (non-hydrogen) atoms. The summed E-state index contributed by atoms with van der Waals surface area (Å²) in [6.07, 6.45) is 0. The Balaban J connectivity index is 2.06. The van der Waals surface area contributed by atoms with Gasteiger partial charge in [0, 0.05) is 5.69 Å². The number of halogens is 1. The van der Waals surface area contributed by atoms with Crippen molar-refractivity contribution in [1.82, 2.24) is 9.78 Å². The molecule has 1 N–H and O–H groups in total. The Morgan fingerprint density at radius 2 is 2.13 bits per heavy atom. The Morgan fingerprint density at radius 3 is 2.70 bits per heavy atom. The predicted octanol–water partition coefficient (Wildman–Crippen LogP) is 2.82. The van der Waals surface area contributed by atoms with Gasteiger partial charge < -0.3 is 15.4 Å². The Bertz CT molecular complexity index is 757. The molecule has 0 radical (unpaired) electrons. The van der Waals surface area contributed by atoms with Crippen LogP contribution in [0, 0.1) is 35.7 Å². The van der Waals surface area contributed by atoms with E-state index in [9.17, 15) is 19.3 Å². The first kappa shape index (κ1) is 16.6. The van der Waals surface area contributed by atoms with E-state index in [2.05, 4.69) is 10.4 Å². The molecular formula is C15H17FN4O3. The monoisotopic (exact) mass is 320 g/mol. The third-order valence-electron chi connectivity index (χ3n) is 3.50. The van der Waals surface area contributed by atoms with Gasteiger partial charge in [-0.05, 0) is 42.5 Å². The second kappa shape index (κ2) is 6.55. The van der Waals surface area contributed by atoms with Crippen LogP contribution in [0.4, 0.5) is 15.9 Å². The van der Waals surface area contributed by atoms with Gasteiger partial charge in [0.05, 0.1) is 29.3 Å². The van der Waals surface area contributed by atoms with Gasteiger partial charge in [0.15, 0.2) is 0 Å². The van der Waals surface area contributed by atoms with Gasteiger partial charge in [-0.2, -0.15) is 4.68 Å². The summed E-state index contributed by atoms with van der Waals surface area (Å²) in [5.41, 5.74) is 1.76. The van der Waals surface area contributed by atoms with Crippen LogP contribution in [0.25, 0.3) is 0 Å². The number of hydrogen-bond acceptors (Lipinski definition) is 4. The van der Waals surface area contributed by atoms with Gasteiger partial charge in [-0.25, -0.2) is 4.39 Å². The van der Waals surface area contributed by atoms with Gasteiger partial charge in [-0.1, -0.05) is 6.92 Å². The average molecular weight is 320 g/mol. The molecule has 2 rings (SSSR count). The summed E-state index contributed by atoms with van der Waals surface area (Å²) in [6, 6.07) is 5.46. The predicted molar refractivity (Wildman–Crippen MR) is 82.5 cm³/mol. The summed E-state index contributed by atoms with van der Waals surface area (Å²) in [7, 11) is 0. The van der Waals surface area contributed by atoms with Gasteiger partial charge in [0.1, 0.15) is 5.82 Å². The maximum atomic E-state index is 13.1. The molecule has 8 heteroatoms. The smallest absolute Gasteiger partial charge is 0.358 e. The summed E-state index contributed by atoms with van der Waals surface area (Å²) in [4.78, 5) is 22.4. The standard InChI is InChI=1S/C15H17FN4O3/c1-9-6-12(16)4-5-13(9)17-15(21)10(2)8-19-11(3)7-14(18-19)20(22)23/h4-7,10H,8H2,1-3H3,(H,17,21)/t10-/m0/s1. The van der Waals surface area contributed by atoms with Crippen molar-refractivity contribution in [2.24, 2.45) is 5.92 Å². The Hall–Kier alpha value is -2.77. The Morgan fingerprint density at radius 1 is 1.43 bits per heavy atom. The molecule has 0 unspecified atom stereocenters. The van der Waals surface area contributed by atoms with E-state index in [1.54, 1.807) is 20.8 Å². The van der Waals surface area contributed by atoms with Gasteiger partial charge in [0.25, 0.3) is 0 Å². The lowest BCUT2D eigenvalue weighted by molar-refractivity contribution is -0.389. The van der Waals surface area contributed by atoms with E-state index >= 15 is 0 Å². The second-order valence-corrected chi connectivity index (χ2v) is 5.43. The van der Waals surface area contributed by atoms with E-state index in [1.165, 1.54) is 28.9 Å². The first-order valence-corrected chi connectivity index (χ1v) is 7.03. The number of anilines is 1. The SMILES string of the molecule is Cc1cc(F)ccc1NC(=O)[C@@H](C)Cn1nc([N+](=O)[O-])cc1C. The molecule has 0 aliphatic rings. The fraction of sp³-hybridized carbons (Fsp3) is 0.333. The van der Waals surface area contributed by atoms with Crippen molar-refractivity contribution in [2.75, 3.05) is 5.32 Å². The number of benzene rings is 1. The molecule has 1 heterocycles. The lowest BCUT2D eigenvalue weighted by atomic mass is 10.1. The zero-order valence-electron chi connectivity index (χ0n) is 13.0. The number of amides is 1. The molecule has 0 bridgehead atoms. The number of carbonyl (C=O) groups is 1. The third kappa shape index (κ3) is 3.91. The van der Waals surface area contributed by atoms with E-state index in [4.69, 9.17) is 0 Å². The molecule has 0 spiro atoms. The van der Waals surface area contributed by atoms with Crippen LogP contribution in [-0.4, -0.2) is 20.6 Å². The molecule has 1 amide bonds. The van der Waals surface area contributed by atoms with Crippen molar-refractivity contribution in [3.63, 3.8) is 0 Å². The number of nitrogens with zero attached hydrogens (tertiary/aromatic N) is 3. The Labute approximate surface area is 132 Å². The topological polar surface area (TPSA) is 90.1 Å². The molecule has 1 aromatic carbocycles. The van der Waals surface area contributed by atoms with Gasteiger partial charge in [0.2, 0.25) is 5.91 Å². The van der Waals surface area contributed by atoms with Crippen LogP contribution in [0.2, 0.25) is 0 Å². The van der Waals surface area contributed by atoms with Crippen molar-refractivity contribution in [2.45, 2.75) is 27.3 Å². The molecule has 0 saturated heterocycles. The van der Waals surface area contributed by atoms with Crippen LogP contribution >= 0.6 is 0 Å². The minimum absolute atomic E-state index is 0.214. The summed E-state index contributed by atoms with van der Waals surface area (Å²) < 4.78 is 14.5. The lowest BCUT2D eigenvalue weighted by Crippen LogP contribution is -2.25. The van der Waals surface area contributed by atoms with Crippen molar-refractivity contribution < 1.29 is 14.1 Å². The average Bonchev–Trinajstić information content (AvgIpc) is 2.83. The number of aryl methyl sites for hydroxylation is 2. The first-order valence-electron chi connectivity index (χ1n) is 7.03. The molecule has 0 saturated carbocycles. The van der Waals surface area contributed by atoms with E-state index in [0.717, 1.165) is 0 Å². The van der Waals surface area contributed by atoms with Crippen LogP contribution < -0.4 is 5.32 Å². The minimum atomic E-state index is -0.573. The van der Waals surface area contributed by atoms with E-state index in [0.29, 0.717) is 16.9 Å². The highest BCUT2D eigenvalue weighted by molar-refractivity contribution is 5.92. The van der Waals surface area contributed by atoms with E-state index in [1.807, 2.05) is 0 Å². The quantitative estimate of drug-likeness (QED) is 0.677. The summed E-state index contributed by atoms with van der Waals surface area (Å²) in [6.45, 7) is 5.30. The number of aromatic nitrogens is 2. The molecule has 2 aromatic rings. The van der Waals surface area contributed by atoms with Crippen LogP contribution in [0.1, 0.15) is 18.2 Å². The zero-order chi connectivity index (χ0) is 17.1. The number of nitrogens with one attached hydrogen (secondary N) is 1. The molecule has 0 fully saturated rings.